The number of aromatic nitrogens is 2. The van der Waals surface area contributed by atoms with Crippen molar-refractivity contribution in [1.29, 1.82) is 5.41 Å². The lowest BCUT2D eigenvalue weighted by atomic mass is 10.2. The van der Waals surface area contributed by atoms with Gasteiger partial charge in [0.1, 0.15) is 0 Å². The van der Waals surface area contributed by atoms with Gasteiger partial charge in [-0.25, -0.2) is 12.4 Å². The van der Waals surface area contributed by atoms with E-state index in [1.54, 1.807) is 54.1 Å². The van der Waals surface area contributed by atoms with Crippen molar-refractivity contribution in [2.24, 2.45) is 7.05 Å². The molecule has 21 heavy (non-hydrogen) atoms. The molecule has 108 valence electrons. The molecule has 0 atom stereocenters. The lowest BCUT2D eigenvalue weighted by molar-refractivity contribution is 0.583. The lowest BCUT2D eigenvalue weighted by Crippen LogP contribution is -2.28. The van der Waals surface area contributed by atoms with Gasteiger partial charge in [0.05, 0.1) is 15.9 Å². The number of benzene rings is 2. The number of fused-ring (bicyclic) bond motifs is 1. The van der Waals surface area contributed by atoms with Crippen LogP contribution in [0.5, 0.6) is 0 Å². The van der Waals surface area contributed by atoms with Crippen molar-refractivity contribution in [3.05, 3.63) is 59.7 Å². The van der Waals surface area contributed by atoms with Gasteiger partial charge in [0.25, 0.3) is 10.0 Å². The van der Waals surface area contributed by atoms with Crippen LogP contribution in [0.4, 0.5) is 0 Å². The molecule has 1 heterocycles. The maximum Gasteiger partial charge on any atom is 0.271 e. The molecular formula is C15H15N3O2S. The van der Waals surface area contributed by atoms with E-state index < -0.39 is 10.0 Å². The Labute approximate surface area is 122 Å². The number of nitrogens with zero attached hydrogens (tertiary/aromatic N) is 2. The van der Waals surface area contributed by atoms with Crippen LogP contribution in [0.15, 0.2) is 53.4 Å². The molecule has 1 N–H and O–H groups in total. The summed E-state index contributed by atoms with van der Waals surface area (Å²) in [5.74, 6) is 0. The molecular weight excluding hydrogens is 286 g/mol. The largest absolute Gasteiger partial charge is 0.313 e. The normalized spacial score (nSPS) is 11.9. The van der Waals surface area contributed by atoms with E-state index in [-0.39, 0.29) is 10.5 Å². The Hall–Kier alpha value is -2.34. The Balaban J connectivity index is 2.37. The fraction of sp³-hybridized carbons (Fsp3) is 0.133. The third-order valence-corrected chi connectivity index (χ3v) is 5.25. The van der Waals surface area contributed by atoms with Crippen LogP contribution in [0.3, 0.4) is 0 Å². The van der Waals surface area contributed by atoms with Gasteiger partial charge in [-0.2, -0.15) is 0 Å². The van der Waals surface area contributed by atoms with Crippen molar-refractivity contribution in [1.82, 2.24) is 8.54 Å². The molecule has 0 amide bonds. The second-order valence-corrected chi connectivity index (χ2v) is 6.74. The maximum absolute atomic E-state index is 12.8. The monoisotopic (exact) mass is 301 g/mol. The Morgan fingerprint density at radius 1 is 0.952 bits per heavy atom. The Morgan fingerprint density at radius 3 is 2.14 bits per heavy atom. The van der Waals surface area contributed by atoms with Gasteiger partial charge < -0.3 is 4.57 Å². The summed E-state index contributed by atoms with van der Waals surface area (Å²) in [6, 6.07) is 13.7. The molecule has 0 spiro atoms. The van der Waals surface area contributed by atoms with Gasteiger partial charge >= 0.3 is 0 Å². The number of rotatable bonds is 2. The summed E-state index contributed by atoms with van der Waals surface area (Å²) in [5, 5.41) is 8.12. The van der Waals surface area contributed by atoms with Gasteiger partial charge in [-0.15, -0.1) is 0 Å². The highest BCUT2D eigenvalue weighted by molar-refractivity contribution is 7.90. The molecule has 0 unspecified atom stereocenters. The van der Waals surface area contributed by atoms with Gasteiger partial charge in [0, 0.05) is 7.05 Å². The quantitative estimate of drug-likeness (QED) is 0.786. The first kappa shape index (κ1) is 13.6. The van der Waals surface area contributed by atoms with Gasteiger partial charge in [0.15, 0.2) is 0 Å². The number of hydrogen-bond acceptors (Lipinski definition) is 3. The van der Waals surface area contributed by atoms with Crippen molar-refractivity contribution < 1.29 is 8.42 Å². The van der Waals surface area contributed by atoms with Crippen LogP contribution in [0.2, 0.25) is 0 Å². The van der Waals surface area contributed by atoms with E-state index >= 15 is 0 Å². The summed E-state index contributed by atoms with van der Waals surface area (Å²) in [7, 11) is -2.10. The third kappa shape index (κ3) is 1.99. The Kier molecular flexibility index (Phi) is 2.98. The van der Waals surface area contributed by atoms with Crippen molar-refractivity contribution >= 4 is 21.1 Å². The van der Waals surface area contributed by atoms with E-state index in [9.17, 15) is 8.42 Å². The zero-order valence-corrected chi connectivity index (χ0v) is 12.6. The summed E-state index contributed by atoms with van der Waals surface area (Å²) >= 11 is 0. The van der Waals surface area contributed by atoms with E-state index in [0.29, 0.717) is 11.0 Å². The molecule has 1 aromatic heterocycles. The highest BCUT2D eigenvalue weighted by atomic mass is 32.2. The predicted molar refractivity (Wildman–Crippen MR) is 80.5 cm³/mol. The van der Waals surface area contributed by atoms with Crippen LogP contribution >= 0.6 is 0 Å². The SMILES string of the molecule is Cc1ccc(S(=O)(=O)n2c(=N)n(C)c3ccccc32)cc1. The zero-order valence-electron chi connectivity index (χ0n) is 11.7. The predicted octanol–water partition coefficient (Wildman–Crippen LogP) is 2.00. The first-order valence-electron chi connectivity index (χ1n) is 6.46. The molecule has 0 aliphatic carbocycles. The summed E-state index contributed by atoms with van der Waals surface area (Å²) in [6.45, 7) is 1.90. The number of imidazole rings is 1. The van der Waals surface area contributed by atoms with Crippen LogP contribution < -0.4 is 5.62 Å². The minimum Gasteiger partial charge on any atom is -0.313 e. The van der Waals surface area contributed by atoms with E-state index in [1.807, 2.05) is 13.0 Å². The smallest absolute Gasteiger partial charge is 0.271 e. The maximum atomic E-state index is 12.8. The molecule has 0 bridgehead atoms. The highest BCUT2D eigenvalue weighted by Gasteiger charge is 2.22. The van der Waals surface area contributed by atoms with E-state index in [1.165, 1.54) is 0 Å². The minimum atomic E-state index is -3.78. The van der Waals surface area contributed by atoms with Crippen molar-refractivity contribution in [2.75, 3.05) is 0 Å². The van der Waals surface area contributed by atoms with E-state index in [2.05, 4.69) is 0 Å². The average molecular weight is 301 g/mol. The second-order valence-electron chi connectivity index (χ2n) is 4.95. The molecule has 0 fully saturated rings. The molecule has 2 aromatic carbocycles. The van der Waals surface area contributed by atoms with Gasteiger partial charge in [0.2, 0.25) is 5.62 Å². The number of hydrogen-bond donors (Lipinski definition) is 1. The van der Waals surface area contributed by atoms with Crippen LogP contribution in [-0.4, -0.2) is 17.0 Å². The van der Waals surface area contributed by atoms with Crippen molar-refractivity contribution in [2.45, 2.75) is 11.8 Å². The summed E-state index contributed by atoms with van der Waals surface area (Å²) in [5.41, 5.74) is 2.13. The van der Waals surface area contributed by atoms with Crippen molar-refractivity contribution in [3.63, 3.8) is 0 Å². The lowest BCUT2D eigenvalue weighted by Gasteiger charge is -2.07. The van der Waals surface area contributed by atoms with E-state index in [0.717, 1.165) is 9.54 Å². The van der Waals surface area contributed by atoms with Gasteiger partial charge in [-0.05, 0) is 31.2 Å². The summed E-state index contributed by atoms with van der Waals surface area (Å²) in [6.07, 6.45) is 0. The fourth-order valence-corrected chi connectivity index (χ4v) is 3.80. The van der Waals surface area contributed by atoms with Gasteiger partial charge in [-0.1, -0.05) is 29.8 Å². The van der Waals surface area contributed by atoms with Crippen LogP contribution in [0, 0.1) is 12.3 Å². The molecule has 3 aromatic rings. The second kappa shape index (κ2) is 4.60. The number of nitrogens with one attached hydrogen (secondary N) is 1. The van der Waals surface area contributed by atoms with Crippen molar-refractivity contribution in [3.8, 4) is 0 Å². The fourth-order valence-electron chi connectivity index (χ4n) is 2.34. The molecule has 5 nitrogen and oxygen atoms in total. The first-order valence-corrected chi connectivity index (χ1v) is 7.90. The minimum absolute atomic E-state index is 0.0724. The number of aryl methyl sites for hydroxylation is 2. The average Bonchev–Trinajstić information content (AvgIpc) is 2.72. The Morgan fingerprint density at radius 2 is 1.52 bits per heavy atom. The topological polar surface area (TPSA) is 67.8 Å². The molecule has 0 aliphatic heterocycles. The molecule has 3 rings (SSSR count). The van der Waals surface area contributed by atoms with Gasteiger partial charge in [-0.3, -0.25) is 5.41 Å². The molecule has 6 heteroatoms. The van der Waals surface area contributed by atoms with Crippen LogP contribution in [0.1, 0.15) is 5.56 Å². The van der Waals surface area contributed by atoms with Crippen LogP contribution in [0.25, 0.3) is 11.0 Å². The third-order valence-electron chi connectivity index (χ3n) is 3.53. The molecule has 0 aliphatic rings. The first-order chi connectivity index (χ1) is 9.93. The highest BCUT2D eigenvalue weighted by Crippen LogP contribution is 2.19. The van der Waals surface area contributed by atoms with Crippen LogP contribution in [-0.2, 0) is 17.1 Å². The molecule has 0 saturated heterocycles. The molecule has 0 radical (unpaired) electrons. The molecule has 0 saturated carbocycles. The number of para-hydroxylation sites is 2. The Bertz CT molecular complexity index is 980. The standard InChI is InChI=1S/C15H15N3O2S/c1-11-7-9-12(10-8-11)21(19,20)18-14-6-4-3-5-13(14)17(2)15(18)16/h3-10,16H,1-2H3. The zero-order chi connectivity index (χ0) is 15.2. The van der Waals surface area contributed by atoms with E-state index in [4.69, 9.17) is 5.41 Å². The summed E-state index contributed by atoms with van der Waals surface area (Å²) < 4.78 is 28.3. The summed E-state index contributed by atoms with van der Waals surface area (Å²) in [4.78, 5) is 0.183.